The zero-order valence-corrected chi connectivity index (χ0v) is 22.4. The summed E-state index contributed by atoms with van der Waals surface area (Å²) in [5.41, 5.74) is 5.20. The van der Waals surface area contributed by atoms with E-state index in [2.05, 4.69) is 61.5 Å². The summed E-state index contributed by atoms with van der Waals surface area (Å²) in [7, 11) is 0. The molecule has 3 fully saturated rings. The Kier molecular flexibility index (Phi) is 5.42. The van der Waals surface area contributed by atoms with Gasteiger partial charge in [-0.2, -0.15) is 0 Å². The van der Waals surface area contributed by atoms with E-state index in [0.717, 1.165) is 19.3 Å². The third-order valence-corrected chi connectivity index (χ3v) is 12.0. The van der Waals surface area contributed by atoms with Crippen molar-refractivity contribution in [3.05, 3.63) is 22.8 Å². The van der Waals surface area contributed by atoms with Gasteiger partial charge in [-0.25, -0.2) is 0 Å². The highest BCUT2D eigenvalue weighted by atomic mass is 16.5. The van der Waals surface area contributed by atoms with Crippen molar-refractivity contribution >= 4 is 0 Å². The largest absolute Gasteiger partial charge is 0.393 e. The van der Waals surface area contributed by atoms with Gasteiger partial charge in [-0.05, 0) is 98.2 Å². The summed E-state index contributed by atoms with van der Waals surface area (Å²) < 4.78 is 6.70. The fourth-order valence-electron chi connectivity index (χ4n) is 10.1. The molecule has 2 N–H and O–H groups in total. The Morgan fingerprint density at radius 3 is 2.33 bits per heavy atom. The van der Waals surface area contributed by atoms with Gasteiger partial charge in [0.25, 0.3) is 0 Å². The molecule has 10 atom stereocenters. The van der Waals surface area contributed by atoms with Crippen molar-refractivity contribution in [3.8, 4) is 0 Å². The van der Waals surface area contributed by atoms with Gasteiger partial charge in [0.1, 0.15) is 6.10 Å². The van der Waals surface area contributed by atoms with Gasteiger partial charge in [0.2, 0.25) is 0 Å². The minimum absolute atomic E-state index is 0.0177. The Morgan fingerprint density at radius 1 is 0.970 bits per heavy atom. The molecular weight excluding hydrogens is 408 g/mol. The molecule has 3 nitrogen and oxygen atoms in total. The number of aliphatic hydroxyl groups excluding tert-OH is 2. The summed E-state index contributed by atoms with van der Waals surface area (Å²) in [6.45, 7) is 18.7. The van der Waals surface area contributed by atoms with E-state index in [9.17, 15) is 10.2 Å². The van der Waals surface area contributed by atoms with Crippen molar-refractivity contribution in [1.82, 2.24) is 0 Å². The number of hydrogen-bond acceptors (Lipinski definition) is 3. The molecule has 2 saturated carbocycles. The van der Waals surface area contributed by atoms with Crippen LogP contribution in [0, 0.1) is 39.4 Å². The lowest BCUT2D eigenvalue weighted by Gasteiger charge is -2.62. The Labute approximate surface area is 202 Å². The molecule has 0 aromatic carbocycles. The van der Waals surface area contributed by atoms with Crippen LogP contribution in [0.4, 0.5) is 0 Å². The van der Waals surface area contributed by atoms with Crippen LogP contribution in [0.15, 0.2) is 22.8 Å². The van der Waals surface area contributed by atoms with Crippen LogP contribution >= 0.6 is 0 Å². The standard InChI is InChI=1S/C30H48O3/c1-17(2)15-21-26(32)18(3)25-22(33-21)16-30(8)20-9-10-23-27(4,5)24(31)12-13-28(23,6)19(20)11-14-29(25,30)7/h15,18,21-26,31-32H,9-14,16H2,1-8H3/t18-,21-,22+,23-,24+,25+,26+,28+,29+,30-/m0/s1. The van der Waals surface area contributed by atoms with Crippen molar-refractivity contribution in [2.45, 2.75) is 125 Å². The summed E-state index contributed by atoms with van der Waals surface area (Å²) >= 11 is 0. The molecule has 3 heteroatoms. The minimum Gasteiger partial charge on any atom is -0.393 e. The molecule has 1 aliphatic heterocycles. The second-order valence-electron chi connectivity index (χ2n) is 14.1. The number of aliphatic hydroxyl groups is 2. The predicted molar refractivity (Wildman–Crippen MR) is 134 cm³/mol. The smallest absolute Gasteiger partial charge is 0.102 e. The van der Waals surface area contributed by atoms with Gasteiger partial charge in [-0.1, -0.05) is 64.3 Å². The molecule has 4 aliphatic carbocycles. The minimum atomic E-state index is -0.426. The number of fused-ring (bicyclic) bond motifs is 6. The molecule has 0 amide bonds. The van der Waals surface area contributed by atoms with Crippen LogP contribution in [0.25, 0.3) is 0 Å². The highest BCUT2D eigenvalue weighted by molar-refractivity contribution is 5.39. The molecule has 0 aromatic heterocycles. The van der Waals surface area contributed by atoms with Gasteiger partial charge >= 0.3 is 0 Å². The molecule has 5 rings (SSSR count). The molecule has 1 saturated heterocycles. The second-order valence-corrected chi connectivity index (χ2v) is 14.1. The summed E-state index contributed by atoms with van der Waals surface area (Å²) in [4.78, 5) is 0. The second kappa shape index (κ2) is 7.43. The van der Waals surface area contributed by atoms with E-state index in [1.54, 1.807) is 11.1 Å². The van der Waals surface area contributed by atoms with Gasteiger partial charge in [-0.3, -0.25) is 0 Å². The lowest BCUT2D eigenvalue weighted by atomic mass is 9.43. The first-order valence-corrected chi connectivity index (χ1v) is 13.7. The van der Waals surface area contributed by atoms with Crippen LogP contribution in [0.2, 0.25) is 0 Å². The monoisotopic (exact) mass is 456 g/mol. The number of rotatable bonds is 1. The third-order valence-electron chi connectivity index (χ3n) is 12.0. The number of ether oxygens (including phenoxy) is 1. The fraction of sp³-hybridized carbons (Fsp3) is 0.867. The molecule has 1 heterocycles. The SMILES string of the molecule is CC(C)=C[C@@H]1O[C@@H]2C[C@@]3(C)C4=C(CC[C@]3(C)[C@@H]2[C@H](C)[C@H]1O)[C@@]1(C)CC[C@@H](O)C(C)(C)[C@@H]1CC4. The molecule has 0 bridgehead atoms. The Hall–Kier alpha value is -0.640. The first kappa shape index (κ1) is 24.1. The predicted octanol–water partition coefficient (Wildman–Crippen LogP) is 6.44. The van der Waals surface area contributed by atoms with Crippen LogP contribution in [0.1, 0.15) is 100 Å². The van der Waals surface area contributed by atoms with E-state index in [-0.39, 0.29) is 45.9 Å². The number of allylic oxidation sites excluding steroid dienone is 3. The van der Waals surface area contributed by atoms with Gasteiger partial charge in [-0.15, -0.1) is 0 Å². The summed E-state index contributed by atoms with van der Waals surface area (Å²) in [6, 6.07) is 0. The maximum atomic E-state index is 11.2. The zero-order chi connectivity index (χ0) is 24.1. The van der Waals surface area contributed by atoms with Crippen molar-refractivity contribution in [1.29, 1.82) is 0 Å². The maximum Gasteiger partial charge on any atom is 0.102 e. The van der Waals surface area contributed by atoms with E-state index in [4.69, 9.17) is 4.74 Å². The average molecular weight is 457 g/mol. The molecule has 33 heavy (non-hydrogen) atoms. The van der Waals surface area contributed by atoms with Crippen LogP contribution in [0.3, 0.4) is 0 Å². The van der Waals surface area contributed by atoms with E-state index >= 15 is 0 Å². The highest BCUT2D eigenvalue weighted by Crippen LogP contribution is 2.73. The van der Waals surface area contributed by atoms with Crippen molar-refractivity contribution in [2.24, 2.45) is 39.4 Å². The van der Waals surface area contributed by atoms with Crippen molar-refractivity contribution < 1.29 is 14.9 Å². The van der Waals surface area contributed by atoms with E-state index < -0.39 is 6.10 Å². The third kappa shape index (κ3) is 3.04. The van der Waals surface area contributed by atoms with Gasteiger partial charge in [0.15, 0.2) is 0 Å². The Bertz CT molecular complexity index is 881. The summed E-state index contributed by atoms with van der Waals surface area (Å²) in [5, 5.41) is 22.1. The van der Waals surface area contributed by atoms with Gasteiger partial charge in [0.05, 0.1) is 18.3 Å². The van der Waals surface area contributed by atoms with Crippen molar-refractivity contribution in [2.75, 3.05) is 0 Å². The normalized spacial score (nSPS) is 53.0. The average Bonchev–Trinajstić information content (AvgIpc) is 2.96. The van der Waals surface area contributed by atoms with E-state index in [0.29, 0.717) is 11.8 Å². The molecule has 186 valence electrons. The lowest BCUT2D eigenvalue weighted by molar-refractivity contribution is -0.163. The molecular formula is C30H48O3. The van der Waals surface area contributed by atoms with E-state index in [1.165, 1.54) is 31.3 Å². The van der Waals surface area contributed by atoms with Crippen molar-refractivity contribution in [3.63, 3.8) is 0 Å². The fourth-order valence-corrected chi connectivity index (χ4v) is 10.1. The molecule has 0 radical (unpaired) electrons. The first-order valence-electron chi connectivity index (χ1n) is 13.7. The maximum absolute atomic E-state index is 11.2. The summed E-state index contributed by atoms with van der Waals surface area (Å²) in [6.07, 6.45) is 9.45. The zero-order valence-electron chi connectivity index (χ0n) is 22.4. The topological polar surface area (TPSA) is 49.7 Å². The summed E-state index contributed by atoms with van der Waals surface area (Å²) in [5.74, 6) is 1.21. The van der Waals surface area contributed by atoms with Crippen LogP contribution < -0.4 is 0 Å². The first-order chi connectivity index (χ1) is 15.3. The van der Waals surface area contributed by atoms with Crippen LogP contribution in [-0.4, -0.2) is 34.6 Å². The van der Waals surface area contributed by atoms with Gasteiger partial charge in [0, 0.05) is 0 Å². The van der Waals surface area contributed by atoms with E-state index in [1.807, 2.05) is 0 Å². The van der Waals surface area contributed by atoms with Crippen LogP contribution in [0.5, 0.6) is 0 Å². The van der Waals surface area contributed by atoms with Crippen LogP contribution in [-0.2, 0) is 4.74 Å². The highest BCUT2D eigenvalue weighted by Gasteiger charge is 2.68. The Morgan fingerprint density at radius 2 is 1.67 bits per heavy atom. The lowest BCUT2D eigenvalue weighted by Crippen LogP contribution is -2.56. The number of hydrogen-bond donors (Lipinski definition) is 2. The van der Waals surface area contributed by atoms with Gasteiger partial charge < -0.3 is 14.9 Å². The molecule has 0 spiro atoms. The molecule has 5 aliphatic rings. The molecule has 0 unspecified atom stereocenters. The molecule has 0 aromatic rings. The Balaban J connectivity index is 1.56. The quantitative estimate of drug-likeness (QED) is 0.447.